The number of imide groups is 1. The average Bonchev–Trinajstić information content (AvgIpc) is 3.36. The maximum Gasteiger partial charge on any atom is 0.324 e. The van der Waals surface area contributed by atoms with Gasteiger partial charge in [-0.25, -0.2) is 4.79 Å². The van der Waals surface area contributed by atoms with Crippen LogP contribution in [0.4, 0.5) is 4.79 Å². The molecule has 3 rings (SSSR count). The number of nitrogens with one attached hydrogen (secondary N) is 3. The standard InChI is InChI=1S/C18H25N5O2.HI/c1-2-19-16(20-10-11-23-15(24)12-21-17(23)25)22-13-18(8-9-18)14-6-4-3-5-7-14;/h3-7H,2,8-13H2,1H3,(H,21,25)(H2,19,20,22);1H. The number of aliphatic imine (C=N–C) groups is 1. The molecule has 0 unspecified atom stereocenters. The van der Waals surface area contributed by atoms with Crippen LogP contribution in [0.3, 0.4) is 0 Å². The van der Waals surface area contributed by atoms with Crippen molar-refractivity contribution in [2.45, 2.75) is 25.2 Å². The Bertz CT molecular complexity index is 645. The van der Waals surface area contributed by atoms with Crippen LogP contribution in [0.1, 0.15) is 25.3 Å². The molecule has 26 heavy (non-hydrogen) atoms. The van der Waals surface area contributed by atoms with E-state index in [0.29, 0.717) is 13.1 Å². The first-order valence-corrected chi connectivity index (χ1v) is 8.80. The van der Waals surface area contributed by atoms with E-state index < -0.39 is 0 Å². The maximum atomic E-state index is 11.6. The third-order valence-corrected chi connectivity index (χ3v) is 4.69. The van der Waals surface area contributed by atoms with Crippen molar-refractivity contribution in [1.29, 1.82) is 0 Å². The highest BCUT2D eigenvalue weighted by Crippen LogP contribution is 2.48. The van der Waals surface area contributed by atoms with Gasteiger partial charge in [-0.3, -0.25) is 14.7 Å². The van der Waals surface area contributed by atoms with Crippen LogP contribution in [0.2, 0.25) is 0 Å². The quantitative estimate of drug-likeness (QED) is 0.243. The van der Waals surface area contributed by atoms with Crippen molar-refractivity contribution in [2.75, 3.05) is 32.7 Å². The van der Waals surface area contributed by atoms with Crippen LogP contribution in [0.5, 0.6) is 0 Å². The Kier molecular flexibility index (Phi) is 7.24. The molecule has 2 aliphatic rings. The molecule has 3 amide bonds. The zero-order valence-electron chi connectivity index (χ0n) is 15.0. The van der Waals surface area contributed by atoms with Crippen LogP contribution >= 0.6 is 24.0 Å². The lowest BCUT2D eigenvalue weighted by Crippen LogP contribution is -2.43. The molecule has 0 bridgehead atoms. The monoisotopic (exact) mass is 471 g/mol. The Balaban J connectivity index is 0.00000243. The van der Waals surface area contributed by atoms with Gasteiger partial charge in [-0.2, -0.15) is 0 Å². The molecule has 0 atom stereocenters. The summed E-state index contributed by atoms with van der Waals surface area (Å²) < 4.78 is 0. The Morgan fingerprint density at radius 3 is 2.54 bits per heavy atom. The van der Waals surface area contributed by atoms with Gasteiger partial charge in [0.25, 0.3) is 0 Å². The van der Waals surface area contributed by atoms with E-state index in [1.54, 1.807) is 0 Å². The minimum atomic E-state index is -0.324. The van der Waals surface area contributed by atoms with Gasteiger partial charge in [-0.05, 0) is 25.3 Å². The molecule has 0 radical (unpaired) electrons. The van der Waals surface area contributed by atoms with E-state index in [1.165, 1.54) is 10.5 Å². The van der Waals surface area contributed by atoms with Gasteiger partial charge in [-0.1, -0.05) is 30.3 Å². The highest BCUT2D eigenvalue weighted by molar-refractivity contribution is 14.0. The minimum Gasteiger partial charge on any atom is -0.357 e. The van der Waals surface area contributed by atoms with Crippen molar-refractivity contribution in [3.63, 3.8) is 0 Å². The molecule has 1 aliphatic carbocycles. The smallest absolute Gasteiger partial charge is 0.324 e. The molecule has 0 aromatic heterocycles. The molecule has 3 N–H and O–H groups in total. The predicted molar refractivity (Wildman–Crippen MR) is 112 cm³/mol. The Labute approximate surface area is 171 Å². The number of nitrogens with zero attached hydrogens (tertiary/aromatic N) is 2. The van der Waals surface area contributed by atoms with E-state index in [-0.39, 0.29) is 47.9 Å². The summed E-state index contributed by atoms with van der Waals surface area (Å²) in [5.41, 5.74) is 1.50. The molecule has 1 saturated carbocycles. The lowest BCUT2D eigenvalue weighted by atomic mass is 9.96. The van der Waals surface area contributed by atoms with Gasteiger partial charge in [0.1, 0.15) is 0 Å². The van der Waals surface area contributed by atoms with Crippen LogP contribution in [0.25, 0.3) is 0 Å². The number of benzene rings is 1. The number of urea groups is 1. The van der Waals surface area contributed by atoms with Crippen molar-refractivity contribution < 1.29 is 9.59 Å². The van der Waals surface area contributed by atoms with Crippen LogP contribution in [-0.4, -0.2) is 55.5 Å². The summed E-state index contributed by atoms with van der Waals surface area (Å²) in [6.07, 6.45) is 2.31. The van der Waals surface area contributed by atoms with Crippen LogP contribution in [0, 0.1) is 0 Å². The normalized spacial score (nSPS) is 18.2. The van der Waals surface area contributed by atoms with E-state index >= 15 is 0 Å². The van der Waals surface area contributed by atoms with E-state index in [2.05, 4.69) is 40.2 Å². The van der Waals surface area contributed by atoms with Gasteiger partial charge in [0.2, 0.25) is 5.91 Å². The topological polar surface area (TPSA) is 85.8 Å². The zero-order valence-corrected chi connectivity index (χ0v) is 17.3. The van der Waals surface area contributed by atoms with E-state index in [4.69, 9.17) is 4.99 Å². The van der Waals surface area contributed by atoms with Gasteiger partial charge >= 0.3 is 6.03 Å². The predicted octanol–water partition coefficient (Wildman–Crippen LogP) is 1.44. The average molecular weight is 471 g/mol. The third kappa shape index (κ3) is 4.87. The molecule has 1 saturated heterocycles. The number of amides is 3. The number of rotatable bonds is 7. The summed E-state index contributed by atoms with van der Waals surface area (Å²) in [6.45, 7) is 4.40. The molecular formula is C18H26IN5O2. The minimum absolute atomic E-state index is 0. The zero-order chi connectivity index (χ0) is 17.7. The van der Waals surface area contributed by atoms with Crippen LogP contribution in [0.15, 0.2) is 35.3 Å². The van der Waals surface area contributed by atoms with E-state index in [9.17, 15) is 9.59 Å². The lowest BCUT2D eigenvalue weighted by Gasteiger charge is -2.17. The van der Waals surface area contributed by atoms with Crippen molar-refractivity contribution in [3.8, 4) is 0 Å². The molecule has 2 fully saturated rings. The van der Waals surface area contributed by atoms with Gasteiger partial charge in [0.05, 0.1) is 13.1 Å². The molecule has 1 heterocycles. The Morgan fingerprint density at radius 1 is 1.23 bits per heavy atom. The van der Waals surface area contributed by atoms with Crippen LogP contribution in [-0.2, 0) is 10.2 Å². The molecule has 1 aromatic rings. The van der Waals surface area contributed by atoms with Crippen molar-refractivity contribution in [1.82, 2.24) is 20.9 Å². The molecular weight excluding hydrogens is 445 g/mol. The highest BCUT2D eigenvalue weighted by atomic mass is 127. The largest absolute Gasteiger partial charge is 0.357 e. The van der Waals surface area contributed by atoms with Gasteiger partial charge < -0.3 is 16.0 Å². The van der Waals surface area contributed by atoms with Gasteiger partial charge in [0, 0.05) is 25.0 Å². The summed E-state index contributed by atoms with van der Waals surface area (Å²) in [5, 5.41) is 8.94. The molecule has 1 aromatic carbocycles. The molecule has 7 nitrogen and oxygen atoms in total. The summed E-state index contributed by atoms with van der Waals surface area (Å²) in [6, 6.07) is 10.2. The number of carbonyl (C=O) groups is 2. The number of halogens is 1. The first kappa shape index (κ1) is 20.5. The fourth-order valence-corrected chi connectivity index (χ4v) is 3.02. The summed E-state index contributed by atoms with van der Waals surface area (Å²) in [5.74, 6) is 0.534. The SMILES string of the molecule is CCNC(=NCC1(c2ccccc2)CC1)NCCN1C(=O)CNC1=O.I. The lowest BCUT2D eigenvalue weighted by molar-refractivity contribution is -0.124. The number of hydrogen-bond donors (Lipinski definition) is 3. The van der Waals surface area contributed by atoms with Crippen LogP contribution < -0.4 is 16.0 Å². The maximum absolute atomic E-state index is 11.6. The van der Waals surface area contributed by atoms with Gasteiger partial charge in [0.15, 0.2) is 5.96 Å². The van der Waals surface area contributed by atoms with Gasteiger partial charge in [-0.15, -0.1) is 24.0 Å². The summed E-state index contributed by atoms with van der Waals surface area (Å²) in [4.78, 5) is 29.0. The second-order valence-corrected chi connectivity index (χ2v) is 6.47. The van der Waals surface area contributed by atoms with Crippen molar-refractivity contribution >= 4 is 41.9 Å². The molecule has 1 aliphatic heterocycles. The fourth-order valence-electron chi connectivity index (χ4n) is 3.02. The van der Waals surface area contributed by atoms with E-state index in [1.807, 2.05) is 13.0 Å². The van der Waals surface area contributed by atoms with E-state index in [0.717, 1.165) is 31.9 Å². The highest BCUT2D eigenvalue weighted by Gasteiger charge is 2.44. The van der Waals surface area contributed by atoms with Crippen molar-refractivity contribution in [3.05, 3.63) is 35.9 Å². The number of carbonyl (C=O) groups excluding carboxylic acids is 2. The first-order chi connectivity index (χ1) is 12.1. The third-order valence-electron chi connectivity index (χ3n) is 4.69. The Hall–Kier alpha value is -1.84. The molecule has 8 heteroatoms. The summed E-state index contributed by atoms with van der Waals surface area (Å²) >= 11 is 0. The summed E-state index contributed by atoms with van der Waals surface area (Å²) in [7, 11) is 0. The van der Waals surface area contributed by atoms with Crippen molar-refractivity contribution in [2.24, 2.45) is 4.99 Å². The molecule has 0 spiro atoms. The second-order valence-electron chi connectivity index (χ2n) is 6.47. The molecule has 142 valence electrons. The Morgan fingerprint density at radius 2 is 1.96 bits per heavy atom. The number of guanidine groups is 1. The second kappa shape index (κ2) is 9.20. The first-order valence-electron chi connectivity index (χ1n) is 8.80. The number of hydrogen-bond acceptors (Lipinski definition) is 3. The fraction of sp³-hybridized carbons (Fsp3) is 0.500.